The van der Waals surface area contributed by atoms with E-state index in [1.807, 2.05) is 12.1 Å². The van der Waals surface area contributed by atoms with Crippen LogP contribution in [0.1, 0.15) is 30.9 Å². The van der Waals surface area contributed by atoms with Crippen molar-refractivity contribution in [3.05, 3.63) is 39.7 Å². The third-order valence-corrected chi connectivity index (χ3v) is 4.22. The van der Waals surface area contributed by atoms with E-state index in [-0.39, 0.29) is 11.5 Å². The van der Waals surface area contributed by atoms with Crippen molar-refractivity contribution in [1.82, 2.24) is 10.3 Å². The predicted octanol–water partition coefficient (Wildman–Crippen LogP) is 1.93. The highest BCUT2D eigenvalue weighted by molar-refractivity contribution is 5.93. The van der Waals surface area contributed by atoms with Gasteiger partial charge in [-0.1, -0.05) is 12.1 Å². The Balaban J connectivity index is 1.70. The summed E-state index contributed by atoms with van der Waals surface area (Å²) >= 11 is 0. The van der Waals surface area contributed by atoms with Crippen molar-refractivity contribution >= 4 is 22.6 Å². The number of aromatic nitrogens is 1. The minimum absolute atomic E-state index is 0.00267. The molecule has 0 amide bonds. The van der Waals surface area contributed by atoms with Crippen LogP contribution >= 0.6 is 0 Å². The van der Waals surface area contributed by atoms with Crippen LogP contribution in [-0.2, 0) is 22.5 Å². The molecule has 0 atom stereocenters. The standard InChI is InChI=1S/C18H23N3O3/c1-2-24-16(22)7-9-19-11-12-5-6-13-15(10-12)21-18(23)14-4-3-8-20-17(13)14/h5-6,10,19-20H,2-4,7-9,11H2,1H3,(H,21,23). The SMILES string of the molecule is CCOC(=O)CCNCc1ccc2c3c(c(=O)[nH]c2c1)CCCN3. The van der Waals surface area contributed by atoms with Crippen molar-refractivity contribution in [2.45, 2.75) is 32.7 Å². The minimum Gasteiger partial charge on any atom is -0.466 e. The average Bonchev–Trinajstić information content (AvgIpc) is 2.59. The van der Waals surface area contributed by atoms with Crippen LogP contribution in [-0.4, -0.2) is 30.6 Å². The van der Waals surface area contributed by atoms with E-state index < -0.39 is 0 Å². The Morgan fingerprint density at radius 1 is 1.38 bits per heavy atom. The van der Waals surface area contributed by atoms with Crippen LogP contribution in [0.15, 0.2) is 23.0 Å². The molecule has 0 bridgehead atoms. The van der Waals surface area contributed by atoms with Gasteiger partial charge in [0.05, 0.1) is 24.2 Å². The van der Waals surface area contributed by atoms with Crippen LogP contribution < -0.4 is 16.2 Å². The molecule has 0 saturated carbocycles. The number of esters is 1. The highest BCUT2D eigenvalue weighted by Gasteiger charge is 2.15. The van der Waals surface area contributed by atoms with Gasteiger partial charge < -0.3 is 20.4 Å². The third kappa shape index (κ3) is 3.59. The van der Waals surface area contributed by atoms with E-state index in [9.17, 15) is 9.59 Å². The number of carbonyl (C=O) groups is 1. The topological polar surface area (TPSA) is 83.2 Å². The second-order valence-electron chi connectivity index (χ2n) is 5.95. The van der Waals surface area contributed by atoms with Crippen molar-refractivity contribution in [1.29, 1.82) is 0 Å². The molecule has 0 saturated heterocycles. The summed E-state index contributed by atoms with van der Waals surface area (Å²) in [6, 6.07) is 6.09. The highest BCUT2D eigenvalue weighted by Crippen LogP contribution is 2.27. The molecule has 128 valence electrons. The molecule has 0 fully saturated rings. The Morgan fingerprint density at radius 3 is 3.08 bits per heavy atom. The van der Waals surface area contributed by atoms with Crippen LogP contribution in [0.5, 0.6) is 0 Å². The number of pyridine rings is 1. The van der Waals surface area contributed by atoms with E-state index in [0.29, 0.717) is 26.1 Å². The number of rotatable bonds is 6. The number of carbonyl (C=O) groups excluding carboxylic acids is 1. The van der Waals surface area contributed by atoms with Gasteiger partial charge in [0.1, 0.15) is 0 Å². The van der Waals surface area contributed by atoms with Crippen molar-refractivity contribution in [2.24, 2.45) is 0 Å². The van der Waals surface area contributed by atoms with Gasteiger partial charge in [0, 0.05) is 30.6 Å². The van der Waals surface area contributed by atoms with Crippen LogP contribution in [0.4, 0.5) is 5.69 Å². The van der Waals surface area contributed by atoms with Crippen LogP contribution in [0.3, 0.4) is 0 Å². The molecule has 0 radical (unpaired) electrons. The average molecular weight is 329 g/mol. The summed E-state index contributed by atoms with van der Waals surface area (Å²) in [5, 5.41) is 7.63. The Hall–Kier alpha value is -2.34. The van der Waals surface area contributed by atoms with Gasteiger partial charge in [0.15, 0.2) is 0 Å². The molecule has 0 unspecified atom stereocenters. The van der Waals surface area contributed by atoms with E-state index in [1.165, 1.54) is 0 Å². The molecule has 3 N–H and O–H groups in total. The zero-order valence-electron chi connectivity index (χ0n) is 13.9. The quantitative estimate of drug-likeness (QED) is 0.557. The number of benzene rings is 1. The fourth-order valence-electron chi connectivity index (χ4n) is 3.07. The van der Waals surface area contributed by atoms with Gasteiger partial charge in [-0.2, -0.15) is 0 Å². The van der Waals surface area contributed by atoms with Crippen LogP contribution in [0.2, 0.25) is 0 Å². The molecule has 1 aliphatic heterocycles. The van der Waals surface area contributed by atoms with Gasteiger partial charge in [-0.15, -0.1) is 0 Å². The minimum atomic E-state index is -0.189. The molecule has 24 heavy (non-hydrogen) atoms. The Morgan fingerprint density at radius 2 is 2.25 bits per heavy atom. The summed E-state index contributed by atoms with van der Waals surface area (Å²) in [5.74, 6) is -0.189. The zero-order chi connectivity index (χ0) is 16.9. The van der Waals surface area contributed by atoms with Crippen molar-refractivity contribution in [3.8, 4) is 0 Å². The number of fused-ring (bicyclic) bond motifs is 3. The smallest absolute Gasteiger partial charge is 0.307 e. The molecule has 6 nitrogen and oxygen atoms in total. The predicted molar refractivity (Wildman–Crippen MR) is 94.3 cm³/mol. The van der Waals surface area contributed by atoms with Crippen molar-refractivity contribution < 1.29 is 9.53 Å². The largest absolute Gasteiger partial charge is 0.466 e. The lowest BCUT2D eigenvalue weighted by Crippen LogP contribution is -2.22. The molecule has 0 aliphatic carbocycles. The third-order valence-electron chi connectivity index (χ3n) is 4.22. The number of anilines is 1. The lowest BCUT2D eigenvalue weighted by atomic mass is 10.0. The lowest BCUT2D eigenvalue weighted by molar-refractivity contribution is -0.142. The Kier molecular flexibility index (Phi) is 5.15. The first-order valence-corrected chi connectivity index (χ1v) is 8.47. The second-order valence-corrected chi connectivity index (χ2v) is 5.95. The van der Waals surface area contributed by atoms with Gasteiger partial charge >= 0.3 is 5.97 Å². The monoisotopic (exact) mass is 329 g/mol. The van der Waals surface area contributed by atoms with Crippen LogP contribution in [0.25, 0.3) is 10.9 Å². The van der Waals surface area contributed by atoms with Crippen LogP contribution in [0, 0.1) is 0 Å². The van der Waals surface area contributed by atoms with Gasteiger partial charge in [-0.3, -0.25) is 9.59 Å². The fraction of sp³-hybridized carbons (Fsp3) is 0.444. The number of hydrogen-bond donors (Lipinski definition) is 3. The Labute approximate surface area is 140 Å². The number of H-pyrrole nitrogens is 1. The zero-order valence-corrected chi connectivity index (χ0v) is 13.9. The normalized spacial score (nSPS) is 13.4. The number of aromatic amines is 1. The molecule has 6 heteroatoms. The van der Waals surface area contributed by atoms with Gasteiger partial charge in [-0.25, -0.2) is 0 Å². The molecule has 1 aliphatic rings. The van der Waals surface area contributed by atoms with E-state index in [1.54, 1.807) is 6.92 Å². The molecular formula is C18H23N3O3. The second kappa shape index (κ2) is 7.49. The lowest BCUT2D eigenvalue weighted by Gasteiger charge is -2.19. The summed E-state index contributed by atoms with van der Waals surface area (Å²) in [4.78, 5) is 26.5. The molecule has 0 spiro atoms. The van der Waals surface area contributed by atoms with Gasteiger partial charge in [-0.05, 0) is 31.4 Å². The molecule has 1 aromatic carbocycles. The first-order valence-electron chi connectivity index (χ1n) is 8.47. The molecule has 3 rings (SSSR count). The summed E-state index contributed by atoms with van der Waals surface area (Å²) in [5.41, 5.74) is 3.74. The maximum Gasteiger partial charge on any atom is 0.307 e. The van der Waals surface area contributed by atoms with E-state index in [0.717, 1.165) is 47.1 Å². The molecule has 2 aromatic rings. The van der Waals surface area contributed by atoms with E-state index >= 15 is 0 Å². The summed E-state index contributed by atoms with van der Waals surface area (Å²) < 4.78 is 4.89. The summed E-state index contributed by atoms with van der Waals surface area (Å²) in [7, 11) is 0. The van der Waals surface area contributed by atoms with Gasteiger partial charge in [0.2, 0.25) is 0 Å². The first kappa shape index (κ1) is 16.5. The maximum atomic E-state index is 12.2. The highest BCUT2D eigenvalue weighted by atomic mass is 16.5. The fourth-order valence-corrected chi connectivity index (χ4v) is 3.07. The molecule has 2 heterocycles. The number of ether oxygens (including phenoxy) is 1. The summed E-state index contributed by atoms with van der Waals surface area (Å²) in [6.45, 7) is 4.33. The van der Waals surface area contributed by atoms with Crippen molar-refractivity contribution in [2.75, 3.05) is 25.0 Å². The maximum absolute atomic E-state index is 12.2. The molecular weight excluding hydrogens is 306 g/mol. The first-order chi connectivity index (χ1) is 11.7. The van der Waals surface area contributed by atoms with Gasteiger partial charge in [0.25, 0.3) is 5.56 Å². The number of hydrogen-bond acceptors (Lipinski definition) is 5. The molecule has 1 aromatic heterocycles. The Bertz CT molecular complexity index is 798. The number of nitrogens with one attached hydrogen (secondary N) is 3. The van der Waals surface area contributed by atoms with Crippen molar-refractivity contribution in [3.63, 3.8) is 0 Å². The van der Waals surface area contributed by atoms with E-state index in [4.69, 9.17) is 4.74 Å². The summed E-state index contributed by atoms with van der Waals surface area (Å²) in [6.07, 6.45) is 2.17. The van der Waals surface area contributed by atoms with E-state index in [2.05, 4.69) is 21.7 Å².